The zero-order valence-corrected chi connectivity index (χ0v) is 25.4. The lowest BCUT2D eigenvalue weighted by Crippen LogP contribution is -2.27. The van der Waals surface area contributed by atoms with Crippen molar-refractivity contribution in [3.05, 3.63) is 125 Å². The van der Waals surface area contributed by atoms with Crippen molar-refractivity contribution in [3.63, 3.8) is 0 Å². The average Bonchev–Trinajstić information content (AvgIpc) is 3.63. The Morgan fingerprint density at radius 2 is 1.57 bits per heavy atom. The third kappa shape index (κ3) is 5.79. The molecule has 0 aliphatic carbocycles. The van der Waals surface area contributed by atoms with Crippen LogP contribution in [-0.4, -0.2) is 35.6 Å². The second kappa shape index (κ2) is 12.0. The lowest BCUT2D eigenvalue weighted by molar-refractivity contribution is -0.455. The molecule has 2 aliphatic heterocycles. The topological polar surface area (TPSA) is 32.6 Å². The van der Waals surface area contributed by atoms with Crippen molar-refractivity contribution in [3.8, 4) is 5.75 Å². The summed E-state index contributed by atoms with van der Waals surface area (Å²) >= 11 is 1.66. The van der Waals surface area contributed by atoms with Gasteiger partial charge in [-0.25, -0.2) is 4.79 Å². The third-order valence-corrected chi connectivity index (χ3v) is 9.14. The van der Waals surface area contributed by atoms with E-state index in [9.17, 15) is 4.79 Å². The van der Waals surface area contributed by atoms with Gasteiger partial charge >= 0.3 is 5.97 Å². The van der Waals surface area contributed by atoms with Crippen LogP contribution in [0.3, 0.4) is 0 Å². The highest BCUT2D eigenvalue weighted by atomic mass is 32.2. The van der Waals surface area contributed by atoms with Gasteiger partial charge in [-0.2, -0.15) is 4.58 Å². The number of rotatable bonds is 8. The molecule has 2 aliphatic rings. The standard InChI is InChI=1S/C37H37N2O2S/c1-37(2)33-8-4-5-9-34(33)39(35(37)23-14-27-12-17-30(18-13-27)38-24-6-7-25-38)26-28-10-15-29(16-11-28)36(40)41-31-19-21-32(42-3)22-20-31/h4-5,8-23H,6-7,24-26H2,1-3H3/q+1. The van der Waals surface area contributed by atoms with E-state index in [4.69, 9.17) is 4.74 Å². The molecule has 4 nitrogen and oxygen atoms in total. The van der Waals surface area contributed by atoms with E-state index in [1.165, 1.54) is 41.1 Å². The molecule has 0 saturated carbocycles. The van der Waals surface area contributed by atoms with Crippen LogP contribution >= 0.6 is 11.8 Å². The lowest BCUT2D eigenvalue weighted by Gasteiger charge is -2.17. The highest BCUT2D eigenvalue weighted by Gasteiger charge is 2.44. The number of carbonyl (C=O) groups is 1. The van der Waals surface area contributed by atoms with E-state index in [0.717, 1.165) is 23.5 Å². The number of allylic oxidation sites excluding steroid dienone is 1. The van der Waals surface area contributed by atoms with Gasteiger partial charge in [0.05, 0.1) is 11.0 Å². The lowest BCUT2D eigenvalue weighted by atomic mass is 9.81. The van der Waals surface area contributed by atoms with Gasteiger partial charge in [0.15, 0.2) is 12.3 Å². The average molecular weight is 574 g/mol. The number of carbonyl (C=O) groups excluding carboxylic acids is 1. The molecule has 5 heteroatoms. The van der Waals surface area contributed by atoms with Gasteiger partial charge in [-0.15, -0.1) is 11.8 Å². The zero-order chi connectivity index (χ0) is 29.1. The number of nitrogens with zero attached hydrogens (tertiary/aromatic N) is 2. The summed E-state index contributed by atoms with van der Waals surface area (Å²) < 4.78 is 8.01. The van der Waals surface area contributed by atoms with Gasteiger partial charge in [-0.3, -0.25) is 0 Å². The smallest absolute Gasteiger partial charge is 0.343 e. The van der Waals surface area contributed by atoms with Crippen LogP contribution in [0.4, 0.5) is 11.4 Å². The summed E-state index contributed by atoms with van der Waals surface area (Å²) in [6.07, 6.45) is 9.10. The maximum absolute atomic E-state index is 12.8. The highest BCUT2D eigenvalue weighted by Crippen LogP contribution is 2.40. The highest BCUT2D eigenvalue weighted by molar-refractivity contribution is 7.98. The van der Waals surface area contributed by atoms with E-state index in [1.54, 1.807) is 11.8 Å². The molecule has 0 N–H and O–H groups in total. The van der Waals surface area contributed by atoms with Crippen molar-refractivity contribution in [2.75, 3.05) is 24.2 Å². The second-order valence-electron chi connectivity index (χ2n) is 11.5. The number of para-hydroxylation sites is 1. The number of hydrogen-bond donors (Lipinski definition) is 0. The van der Waals surface area contributed by atoms with Gasteiger partial charge < -0.3 is 9.64 Å². The predicted molar refractivity (Wildman–Crippen MR) is 175 cm³/mol. The normalized spacial score (nSPS) is 15.8. The Kier molecular flexibility index (Phi) is 8.03. The molecule has 42 heavy (non-hydrogen) atoms. The van der Waals surface area contributed by atoms with Crippen LogP contribution in [0, 0.1) is 0 Å². The molecule has 1 fully saturated rings. The van der Waals surface area contributed by atoms with Crippen LogP contribution < -0.4 is 9.64 Å². The van der Waals surface area contributed by atoms with E-state index in [2.05, 4.69) is 84.0 Å². The Balaban J connectivity index is 1.23. The molecule has 0 radical (unpaired) electrons. The van der Waals surface area contributed by atoms with Crippen LogP contribution in [0.25, 0.3) is 6.08 Å². The minimum absolute atomic E-state index is 0.141. The monoisotopic (exact) mass is 573 g/mol. The van der Waals surface area contributed by atoms with Crippen LogP contribution in [0.2, 0.25) is 0 Å². The molecule has 0 amide bonds. The zero-order valence-electron chi connectivity index (χ0n) is 24.5. The summed E-state index contributed by atoms with van der Waals surface area (Å²) in [6.45, 7) is 7.62. The fourth-order valence-corrected chi connectivity index (χ4v) is 6.40. The predicted octanol–water partition coefficient (Wildman–Crippen LogP) is 8.52. The van der Waals surface area contributed by atoms with E-state index < -0.39 is 0 Å². The molecule has 1 saturated heterocycles. The van der Waals surface area contributed by atoms with Gasteiger partial charge in [-0.05, 0) is 93.1 Å². The first-order valence-corrected chi connectivity index (χ1v) is 15.9. The van der Waals surface area contributed by atoms with Gasteiger partial charge in [0.1, 0.15) is 5.75 Å². The molecule has 4 aromatic rings. The second-order valence-corrected chi connectivity index (χ2v) is 12.4. The first-order chi connectivity index (χ1) is 20.4. The summed E-state index contributed by atoms with van der Waals surface area (Å²) in [5.41, 5.74) is 7.84. The number of hydrogen-bond acceptors (Lipinski definition) is 4. The van der Waals surface area contributed by atoms with Crippen molar-refractivity contribution in [1.82, 2.24) is 0 Å². The molecule has 0 unspecified atom stereocenters. The maximum Gasteiger partial charge on any atom is 0.343 e. The Morgan fingerprint density at radius 1 is 0.881 bits per heavy atom. The number of esters is 1. The molecule has 0 aromatic heterocycles. The number of anilines is 1. The summed E-state index contributed by atoms with van der Waals surface area (Å²) in [5.74, 6) is 0.200. The van der Waals surface area contributed by atoms with Crippen molar-refractivity contribution < 1.29 is 14.1 Å². The molecular weight excluding hydrogens is 536 g/mol. The Labute approximate surface area is 253 Å². The van der Waals surface area contributed by atoms with Crippen molar-refractivity contribution in [1.29, 1.82) is 0 Å². The first-order valence-electron chi connectivity index (χ1n) is 14.6. The van der Waals surface area contributed by atoms with E-state index >= 15 is 0 Å². The largest absolute Gasteiger partial charge is 0.423 e. The number of ether oxygens (including phenoxy) is 1. The Hall–Kier alpha value is -4.09. The van der Waals surface area contributed by atoms with Crippen LogP contribution in [0.5, 0.6) is 5.75 Å². The number of fused-ring (bicyclic) bond motifs is 1. The minimum Gasteiger partial charge on any atom is -0.423 e. The van der Waals surface area contributed by atoms with E-state index in [1.807, 2.05) is 54.8 Å². The quantitative estimate of drug-likeness (QED) is 0.0915. The van der Waals surface area contributed by atoms with E-state index in [-0.39, 0.29) is 11.4 Å². The summed E-state index contributed by atoms with van der Waals surface area (Å²) in [6, 6.07) is 32.9. The molecule has 4 aromatic carbocycles. The van der Waals surface area contributed by atoms with Crippen molar-refractivity contribution in [2.45, 2.75) is 43.5 Å². The molecule has 2 heterocycles. The van der Waals surface area contributed by atoms with Crippen LogP contribution in [-0.2, 0) is 12.0 Å². The molecule has 0 atom stereocenters. The third-order valence-electron chi connectivity index (χ3n) is 8.40. The fourth-order valence-electron chi connectivity index (χ4n) is 6.00. The first kappa shape index (κ1) is 28.0. The van der Waals surface area contributed by atoms with Crippen molar-refractivity contribution >= 4 is 40.9 Å². The van der Waals surface area contributed by atoms with Gasteiger partial charge in [0.25, 0.3) is 0 Å². The van der Waals surface area contributed by atoms with Crippen LogP contribution in [0.15, 0.2) is 108 Å². The number of thioether (sulfide) groups is 1. The van der Waals surface area contributed by atoms with Crippen LogP contribution in [0.1, 0.15) is 53.7 Å². The molecule has 212 valence electrons. The summed E-state index contributed by atoms with van der Waals surface area (Å²) in [7, 11) is 0. The molecular formula is C37H37N2O2S+. The molecule has 0 spiro atoms. The molecule has 6 rings (SSSR count). The van der Waals surface area contributed by atoms with Gasteiger partial charge in [0.2, 0.25) is 5.69 Å². The van der Waals surface area contributed by atoms with Gasteiger partial charge in [0, 0.05) is 46.9 Å². The number of benzene rings is 4. The van der Waals surface area contributed by atoms with Gasteiger partial charge in [-0.1, -0.05) is 42.5 Å². The fraction of sp³-hybridized carbons (Fsp3) is 0.243. The summed E-state index contributed by atoms with van der Waals surface area (Å²) in [5, 5.41) is 0. The SMILES string of the molecule is CSc1ccc(OC(=O)c2ccc(C[N+]3=C(/C=C/c4ccc(N5CCCC5)cc4)C(C)(C)c4ccccc43)cc2)cc1. The Morgan fingerprint density at radius 3 is 2.26 bits per heavy atom. The summed E-state index contributed by atoms with van der Waals surface area (Å²) in [4.78, 5) is 16.4. The van der Waals surface area contributed by atoms with Crippen molar-refractivity contribution in [2.24, 2.45) is 0 Å². The maximum atomic E-state index is 12.8. The molecule has 0 bridgehead atoms. The minimum atomic E-state index is -0.350. The van der Waals surface area contributed by atoms with E-state index in [0.29, 0.717) is 17.9 Å². The Bertz CT molecular complexity index is 1630.